The molecule has 0 saturated carbocycles. The standard InChI is InChI=1S/C14H13FN2.C2H6/c1-4-11-13-9(7-17-14(11)15)5-10(16)6-12(13)8(2)3;1-2/h1,5-8H,16H2,2-3H3;1-2H3. The quantitative estimate of drug-likeness (QED) is 0.475. The van der Waals surface area contributed by atoms with Crippen LogP contribution in [0.4, 0.5) is 10.1 Å². The van der Waals surface area contributed by atoms with E-state index in [0.29, 0.717) is 5.69 Å². The van der Waals surface area contributed by atoms with Gasteiger partial charge < -0.3 is 5.73 Å². The first-order valence-corrected chi connectivity index (χ1v) is 6.38. The molecule has 1 aromatic heterocycles. The summed E-state index contributed by atoms with van der Waals surface area (Å²) in [5.41, 5.74) is 7.62. The number of benzene rings is 1. The van der Waals surface area contributed by atoms with Gasteiger partial charge in [0.2, 0.25) is 5.95 Å². The smallest absolute Gasteiger partial charge is 0.229 e. The first-order chi connectivity index (χ1) is 9.04. The van der Waals surface area contributed by atoms with Crippen molar-refractivity contribution in [3.63, 3.8) is 0 Å². The number of aromatic nitrogens is 1. The lowest BCUT2D eigenvalue weighted by Gasteiger charge is -2.13. The number of rotatable bonds is 1. The fraction of sp³-hybridized carbons (Fsp3) is 0.312. The summed E-state index contributed by atoms with van der Waals surface area (Å²) in [7, 11) is 0. The minimum absolute atomic E-state index is 0.214. The van der Waals surface area contributed by atoms with Gasteiger partial charge in [0.25, 0.3) is 0 Å². The van der Waals surface area contributed by atoms with E-state index in [0.717, 1.165) is 16.3 Å². The molecule has 2 aromatic rings. The zero-order valence-electron chi connectivity index (χ0n) is 11.8. The molecule has 100 valence electrons. The van der Waals surface area contributed by atoms with Gasteiger partial charge in [-0.25, -0.2) is 4.98 Å². The Morgan fingerprint density at radius 1 is 1.32 bits per heavy atom. The molecule has 0 saturated heterocycles. The number of hydrogen-bond donors (Lipinski definition) is 1. The van der Waals surface area contributed by atoms with Gasteiger partial charge in [-0.2, -0.15) is 4.39 Å². The van der Waals surface area contributed by atoms with E-state index < -0.39 is 5.95 Å². The maximum absolute atomic E-state index is 13.6. The molecule has 0 amide bonds. The third kappa shape index (κ3) is 2.85. The second-order valence-electron chi connectivity index (χ2n) is 4.30. The lowest BCUT2D eigenvalue weighted by molar-refractivity contribution is 0.583. The largest absolute Gasteiger partial charge is 0.399 e. The van der Waals surface area contributed by atoms with Crippen LogP contribution in [0.25, 0.3) is 10.8 Å². The summed E-state index contributed by atoms with van der Waals surface area (Å²) in [6.07, 6.45) is 6.83. The van der Waals surface area contributed by atoms with Crippen molar-refractivity contribution in [2.24, 2.45) is 0 Å². The van der Waals surface area contributed by atoms with Gasteiger partial charge >= 0.3 is 0 Å². The summed E-state index contributed by atoms with van der Waals surface area (Å²) >= 11 is 0. The SMILES string of the molecule is C#Cc1c(F)ncc2cc(N)cc(C(C)C)c12.CC. The zero-order chi connectivity index (χ0) is 14.6. The molecule has 0 aliphatic heterocycles. The van der Waals surface area contributed by atoms with E-state index in [1.54, 1.807) is 6.07 Å². The maximum atomic E-state index is 13.6. The van der Waals surface area contributed by atoms with Crippen molar-refractivity contribution in [1.29, 1.82) is 0 Å². The van der Waals surface area contributed by atoms with Crippen molar-refractivity contribution in [2.45, 2.75) is 33.6 Å². The van der Waals surface area contributed by atoms with Crippen LogP contribution in [0.1, 0.15) is 44.7 Å². The first kappa shape index (κ1) is 15.0. The molecule has 0 spiro atoms. The monoisotopic (exact) mass is 258 g/mol. The minimum Gasteiger partial charge on any atom is -0.399 e. The lowest BCUT2D eigenvalue weighted by atomic mass is 9.93. The number of anilines is 1. The molecule has 0 aliphatic carbocycles. The summed E-state index contributed by atoms with van der Waals surface area (Å²) in [5, 5.41) is 1.52. The van der Waals surface area contributed by atoms with E-state index in [9.17, 15) is 4.39 Å². The number of nitrogens with zero attached hydrogens (tertiary/aromatic N) is 1. The summed E-state index contributed by atoms with van der Waals surface area (Å²) in [4.78, 5) is 3.65. The average Bonchev–Trinajstić information content (AvgIpc) is 2.40. The van der Waals surface area contributed by atoms with Crippen molar-refractivity contribution >= 4 is 16.5 Å². The Hall–Kier alpha value is -2.08. The number of hydrogen-bond acceptors (Lipinski definition) is 2. The van der Waals surface area contributed by atoms with E-state index >= 15 is 0 Å². The Kier molecular flexibility index (Phi) is 4.88. The van der Waals surface area contributed by atoms with Crippen molar-refractivity contribution in [3.8, 4) is 12.3 Å². The highest BCUT2D eigenvalue weighted by molar-refractivity contribution is 5.93. The Labute approximate surface area is 113 Å². The van der Waals surface area contributed by atoms with Gasteiger partial charge in [-0.3, -0.25) is 0 Å². The molecule has 2 rings (SSSR count). The predicted molar refractivity (Wildman–Crippen MR) is 79.5 cm³/mol. The predicted octanol–water partition coefficient (Wildman–Crippen LogP) is 4.09. The Morgan fingerprint density at radius 3 is 2.47 bits per heavy atom. The third-order valence-corrected chi connectivity index (χ3v) is 2.76. The van der Waals surface area contributed by atoms with Crippen molar-refractivity contribution in [1.82, 2.24) is 4.98 Å². The van der Waals surface area contributed by atoms with E-state index in [2.05, 4.69) is 10.9 Å². The maximum Gasteiger partial charge on any atom is 0.229 e. The van der Waals surface area contributed by atoms with Gasteiger partial charge in [-0.05, 0) is 23.6 Å². The molecule has 0 radical (unpaired) electrons. The van der Waals surface area contributed by atoms with Gasteiger partial charge in [-0.1, -0.05) is 33.6 Å². The highest BCUT2D eigenvalue weighted by Crippen LogP contribution is 2.31. The number of terminal acetylenes is 1. The average molecular weight is 258 g/mol. The van der Waals surface area contributed by atoms with Gasteiger partial charge in [0.1, 0.15) is 0 Å². The van der Waals surface area contributed by atoms with Crippen molar-refractivity contribution < 1.29 is 4.39 Å². The number of nitrogens with two attached hydrogens (primary N) is 1. The second kappa shape index (κ2) is 6.19. The molecule has 0 aliphatic rings. The molecular weight excluding hydrogens is 239 g/mol. The topological polar surface area (TPSA) is 38.9 Å². The van der Waals surface area contributed by atoms with E-state index in [-0.39, 0.29) is 11.5 Å². The third-order valence-electron chi connectivity index (χ3n) is 2.76. The van der Waals surface area contributed by atoms with Crippen LogP contribution in [0.2, 0.25) is 0 Å². The molecule has 19 heavy (non-hydrogen) atoms. The van der Waals surface area contributed by atoms with Crippen molar-refractivity contribution in [3.05, 3.63) is 35.4 Å². The first-order valence-electron chi connectivity index (χ1n) is 6.38. The van der Waals surface area contributed by atoms with Crippen LogP contribution >= 0.6 is 0 Å². The Bertz CT molecular complexity index is 625. The van der Waals surface area contributed by atoms with E-state index in [1.165, 1.54) is 6.20 Å². The van der Waals surface area contributed by atoms with Crippen molar-refractivity contribution in [2.75, 3.05) is 5.73 Å². The lowest BCUT2D eigenvalue weighted by Crippen LogP contribution is -1.99. The zero-order valence-corrected chi connectivity index (χ0v) is 11.8. The Balaban J connectivity index is 0.000000861. The Morgan fingerprint density at radius 2 is 1.95 bits per heavy atom. The normalized spacial score (nSPS) is 9.95. The van der Waals surface area contributed by atoms with Crippen LogP contribution in [-0.2, 0) is 0 Å². The summed E-state index contributed by atoms with van der Waals surface area (Å²) in [6, 6.07) is 3.60. The molecular formula is C16H19FN2. The highest BCUT2D eigenvalue weighted by Gasteiger charge is 2.13. The summed E-state index contributed by atoms with van der Waals surface area (Å²) in [5.74, 6) is 1.99. The molecule has 0 unspecified atom stereocenters. The van der Waals surface area contributed by atoms with E-state index in [1.807, 2.05) is 33.8 Å². The molecule has 1 heterocycles. The highest BCUT2D eigenvalue weighted by atomic mass is 19.1. The van der Waals surface area contributed by atoms with Crippen LogP contribution in [-0.4, -0.2) is 4.98 Å². The van der Waals surface area contributed by atoms with E-state index in [4.69, 9.17) is 12.2 Å². The molecule has 2 nitrogen and oxygen atoms in total. The fourth-order valence-electron chi connectivity index (χ4n) is 1.98. The van der Waals surface area contributed by atoms with Crippen LogP contribution < -0.4 is 5.73 Å². The molecule has 2 N–H and O–H groups in total. The second-order valence-corrected chi connectivity index (χ2v) is 4.30. The fourth-order valence-corrected chi connectivity index (χ4v) is 1.98. The summed E-state index contributed by atoms with van der Waals surface area (Å²) < 4.78 is 13.6. The van der Waals surface area contributed by atoms with Crippen LogP contribution in [0.3, 0.4) is 0 Å². The number of nitrogen functional groups attached to an aromatic ring is 1. The van der Waals surface area contributed by atoms with Gasteiger partial charge in [0.15, 0.2) is 0 Å². The van der Waals surface area contributed by atoms with Gasteiger partial charge in [0.05, 0.1) is 5.56 Å². The molecule has 0 bridgehead atoms. The van der Waals surface area contributed by atoms with Crippen LogP contribution in [0.15, 0.2) is 18.3 Å². The number of fused-ring (bicyclic) bond motifs is 1. The van der Waals surface area contributed by atoms with Crippen LogP contribution in [0.5, 0.6) is 0 Å². The molecule has 1 aromatic carbocycles. The number of pyridine rings is 1. The number of halogens is 1. The molecule has 0 fully saturated rings. The summed E-state index contributed by atoms with van der Waals surface area (Å²) in [6.45, 7) is 8.04. The molecule has 0 atom stereocenters. The van der Waals surface area contributed by atoms with Gasteiger partial charge in [0, 0.05) is 22.7 Å². The minimum atomic E-state index is -0.605. The molecule has 3 heteroatoms. The van der Waals surface area contributed by atoms with Gasteiger partial charge in [-0.15, -0.1) is 6.42 Å². The van der Waals surface area contributed by atoms with Crippen LogP contribution in [0, 0.1) is 18.3 Å².